The quantitative estimate of drug-likeness (QED) is 0.809. The monoisotopic (exact) mass is 211 g/mol. The van der Waals surface area contributed by atoms with E-state index in [1.165, 1.54) is 12.8 Å². The van der Waals surface area contributed by atoms with Crippen LogP contribution in [-0.4, -0.2) is 24.1 Å². The molecule has 0 spiro atoms. The topological polar surface area (TPSA) is 42.2 Å². The van der Waals surface area contributed by atoms with Gasteiger partial charge in [0.25, 0.3) is 0 Å². The van der Waals surface area contributed by atoms with Crippen molar-refractivity contribution in [3.8, 4) is 0 Å². The number of nitrogens with zero attached hydrogens (tertiary/aromatic N) is 2. The van der Waals surface area contributed by atoms with Crippen molar-refractivity contribution < 1.29 is 0 Å². The van der Waals surface area contributed by atoms with Crippen molar-refractivity contribution in [2.75, 3.05) is 18.0 Å². The third-order valence-electron chi connectivity index (χ3n) is 3.02. The molecule has 2 unspecified atom stereocenters. The first kappa shape index (κ1) is 9.93. The van der Waals surface area contributed by atoms with Crippen LogP contribution in [0.2, 0.25) is 0 Å². The Morgan fingerprint density at radius 3 is 3.21 bits per heavy atom. The van der Waals surface area contributed by atoms with Crippen LogP contribution in [-0.2, 0) is 0 Å². The summed E-state index contributed by atoms with van der Waals surface area (Å²) < 4.78 is 0. The van der Waals surface area contributed by atoms with Crippen LogP contribution in [0.25, 0.3) is 0 Å². The number of anilines is 1. The fraction of sp³-hybridized carbons (Fsp3) is 0.700. The molecule has 4 heteroatoms. The lowest BCUT2D eigenvalue weighted by Crippen LogP contribution is -2.48. The summed E-state index contributed by atoms with van der Waals surface area (Å²) in [4.78, 5) is 6.74. The normalized spacial score (nSPS) is 28.0. The lowest BCUT2D eigenvalue weighted by Gasteiger charge is -2.39. The largest absolute Gasteiger partial charge is 0.344 e. The highest BCUT2D eigenvalue weighted by molar-refractivity contribution is 7.13. The lowest BCUT2D eigenvalue weighted by molar-refractivity contribution is 0.349. The number of hydrogen-bond donors (Lipinski definition) is 1. The molecule has 0 saturated carbocycles. The smallest absolute Gasteiger partial charge is 0.185 e. The highest BCUT2D eigenvalue weighted by Gasteiger charge is 2.28. The van der Waals surface area contributed by atoms with Crippen LogP contribution in [0.3, 0.4) is 0 Å². The van der Waals surface area contributed by atoms with Crippen LogP contribution < -0.4 is 10.6 Å². The minimum atomic E-state index is 0.481. The molecule has 2 atom stereocenters. The Bertz CT molecular complexity index is 273. The Morgan fingerprint density at radius 1 is 1.71 bits per heavy atom. The van der Waals surface area contributed by atoms with E-state index in [1.54, 1.807) is 11.3 Å². The van der Waals surface area contributed by atoms with E-state index in [-0.39, 0.29) is 0 Å². The average Bonchev–Trinajstić information content (AvgIpc) is 2.70. The van der Waals surface area contributed by atoms with Gasteiger partial charge in [-0.05, 0) is 18.8 Å². The Labute approximate surface area is 88.9 Å². The third kappa shape index (κ3) is 1.77. The van der Waals surface area contributed by atoms with Gasteiger partial charge in [-0.3, -0.25) is 0 Å². The van der Waals surface area contributed by atoms with Gasteiger partial charge < -0.3 is 10.6 Å². The maximum atomic E-state index is 5.83. The molecule has 78 valence electrons. The molecule has 0 amide bonds. The molecule has 0 aromatic carbocycles. The number of aromatic nitrogens is 1. The SMILES string of the molecule is CC1CCCN(c2nccs2)C1CN. The summed E-state index contributed by atoms with van der Waals surface area (Å²) in [6.07, 6.45) is 4.42. The molecule has 0 aliphatic carbocycles. The van der Waals surface area contributed by atoms with Gasteiger partial charge in [0.2, 0.25) is 0 Å². The average molecular weight is 211 g/mol. The number of thiazole rings is 1. The van der Waals surface area contributed by atoms with Crippen molar-refractivity contribution in [2.24, 2.45) is 11.7 Å². The molecule has 1 aromatic rings. The van der Waals surface area contributed by atoms with E-state index < -0.39 is 0 Å². The second kappa shape index (κ2) is 4.28. The summed E-state index contributed by atoms with van der Waals surface area (Å²) in [6.45, 7) is 4.14. The van der Waals surface area contributed by atoms with Gasteiger partial charge in [-0.1, -0.05) is 6.92 Å². The molecule has 14 heavy (non-hydrogen) atoms. The van der Waals surface area contributed by atoms with E-state index in [0.29, 0.717) is 12.0 Å². The maximum absolute atomic E-state index is 5.83. The van der Waals surface area contributed by atoms with Gasteiger partial charge >= 0.3 is 0 Å². The second-order valence-corrected chi connectivity index (χ2v) is 4.80. The molecule has 3 nitrogen and oxygen atoms in total. The molecule has 2 N–H and O–H groups in total. The molecular weight excluding hydrogens is 194 g/mol. The van der Waals surface area contributed by atoms with Gasteiger partial charge in [-0.15, -0.1) is 11.3 Å². The van der Waals surface area contributed by atoms with Crippen LogP contribution in [0.5, 0.6) is 0 Å². The standard InChI is InChI=1S/C10H17N3S/c1-8-3-2-5-13(9(8)7-11)10-12-4-6-14-10/h4,6,8-9H,2-3,5,7,11H2,1H3. The van der Waals surface area contributed by atoms with Gasteiger partial charge in [0.15, 0.2) is 5.13 Å². The zero-order valence-electron chi connectivity index (χ0n) is 8.52. The Kier molecular flexibility index (Phi) is 3.03. The Hall–Kier alpha value is -0.610. The van der Waals surface area contributed by atoms with Gasteiger partial charge in [0, 0.05) is 30.7 Å². The highest BCUT2D eigenvalue weighted by atomic mass is 32.1. The molecule has 0 bridgehead atoms. The van der Waals surface area contributed by atoms with Gasteiger partial charge in [0.1, 0.15) is 0 Å². The fourth-order valence-corrected chi connectivity index (χ4v) is 2.93. The Balaban J connectivity index is 2.16. The van der Waals surface area contributed by atoms with Gasteiger partial charge in [-0.2, -0.15) is 0 Å². The molecule has 1 saturated heterocycles. The summed E-state index contributed by atoms with van der Waals surface area (Å²) in [6, 6.07) is 0.481. The van der Waals surface area contributed by atoms with Crippen LogP contribution in [0.1, 0.15) is 19.8 Å². The lowest BCUT2D eigenvalue weighted by atomic mass is 9.91. The van der Waals surface area contributed by atoms with Gasteiger partial charge in [0.05, 0.1) is 0 Å². The van der Waals surface area contributed by atoms with Crippen molar-refractivity contribution in [3.63, 3.8) is 0 Å². The van der Waals surface area contributed by atoms with E-state index in [2.05, 4.69) is 16.8 Å². The summed E-state index contributed by atoms with van der Waals surface area (Å²) in [5, 5.41) is 3.16. The van der Waals surface area contributed by atoms with Crippen molar-refractivity contribution in [1.82, 2.24) is 4.98 Å². The first-order chi connectivity index (χ1) is 6.83. The molecule has 2 rings (SSSR count). The number of rotatable bonds is 2. The van der Waals surface area contributed by atoms with Crippen LogP contribution in [0, 0.1) is 5.92 Å². The van der Waals surface area contributed by atoms with E-state index in [9.17, 15) is 0 Å². The third-order valence-corrected chi connectivity index (χ3v) is 3.83. The summed E-state index contributed by atoms with van der Waals surface area (Å²) >= 11 is 1.71. The molecule has 1 aliphatic heterocycles. The van der Waals surface area contributed by atoms with Crippen molar-refractivity contribution in [3.05, 3.63) is 11.6 Å². The van der Waals surface area contributed by atoms with Crippen LogP contribution >= 0.6 is 11.3 Å². The first-order valence-corrected chi connectivity index (χ1v) is 6.07. The van der Waals surface area contributed by atoms with Crippen molar-refractivity contribution in [1.29, 1.82) is 0 Å². The zero-order chi connectivity index (χ0) is 9.97. The van der Waals surface area contributed by atoms with E-state index in [1.807, 2.05) is 11.6 Å². The minimum Gasteiger partial charge on any atom is -0.344 e. The fourth-order valence-electron chi connectivity index (χ4n) is 2.20. The van der Waals surface area contributed by atoms with E-state index in [4.69, 9.17) is 5.73 Å². The summed E-state index contributed by atoms with van der Waals surface area (Å²) in [5.74, 6) is 0.692. The molecule has 2 heterocycles. The van der Waals surface area contributed by atoms with E-state index >= 15 is 0 Å². The molecule has 1 aromatic heterocycles. The molecule has 0 radical (unpaired) electrons. The number of nitrogens with two attached hydrogens (primary N) is 1. The highest BCUT2D eigenvalue weighted by Crippen LogP contribution is 2.29. The minimum absolute atomic E-state index is 0.481. The summed E-state index contributed by atoms with van der Waals surface area (Å²) in [7, 11) is 0. The number of hydrogen-bond acceptors (Lipinski definition) is 4. The predicted molar refractivity (Wildman–Crippen MR) is 60.7 cm³/mol. The zero-order valence-corrected chi connectivity index (χ0v) is 9.33. The molecular formula is C10H17N3S. The van der Waals surface area contributed by atoms with Crippen LogP contribution in [0.4, 0.5) is 5.13 Å². The van der Waals surface area contributed by atoms with Crippen molar-refractivity contribution >= 4 is 16.5 Å². The van der Waals surface area contributed by atoms with E-state index in [0.717, 1.165) is 18.2 Å². The van der Waals surface area contributed by atoms with Gasteiger partial charge in [-0.25, -0.2) is 4.98 Å². The maximum Gasteiger partial charge on any atom is 0.185 e. The predicted octanol–water partition coefficient (Wildman–Crippen LogP) is 1.71. The molecule has 1 fully saturated rings. The van der Waals surface area contributed by atoms with Crippen molar-refractivity contribution in [2.45, 2.75) is 25.8 Å². The number of piperidine rings is 1. The summed E-state index contributed by atoms with van der Waals surface area (Å²) in [5.41, 5.74) is 5.83. The first-order valence-electron chi connectivity index (χ1n) is 5.19. The second-order valence-electron chi connectivity index (χ2n) is 3.93. The Morgan fingerprint density at radius 2 is 2.57 bits per heavy atom. The molecule has 1 aliphatic rings. The van der Waals surface area contributed by atoms with Crippen LogP contribution in [0.15, 0.2) is 11.6 Å².